The topological polar surface area (TPSA) is 67.2 Å². The lowest BCUT2D eigenvalue weighted by Crippen LogP contribution is -2.38. The summed E-state index contributed by atoms with van der Waals surface area (Å²) in [5.41, 5.74) is 2.07. The van der Waals surface area contributed by atoms with Crippen molar-refractivity contribution in [1.29, 1.82) is 0 Å². The lowest BCUT2D eigenvalue weighted by molar-refractivity contribution is 0.176. The van der Waals surface area contributed by atoms with Crippen LogP contribution in [-0.2, 0) is 13.6 Å². The van der Waals surface area contributed by atoms with Crippen LogP contribution in [-0.4, -0.2) is 54.2 Å². The van der Waals surface area contributed by atoms with Crippen molar-refractivity contribution in [3.05, 3.63) is 42.2 Å². The molecule has 25 heavy (non-hydrogen) atoms. The van der Waals surface area contributed by atoms with Gasteiger partial charge >= 0.3 is 6.03 Å². The minimum absolute atomic E-state index is 0.145. The molecule has 0 bridgehead atoms. The highest BCUT2D eigenvalue weighted by molar-refractivity contribution is 5.78. The summed E-state index contributed by atoms with van der Waals surface area (Å²) in [6, 6.07) is 2.56. The van der Waals surface area contributed by atoms with Crippen molar-refractivity contribution in [2.24, 2.45) is 7.05 Å². The number of hydrogen-bond donors (Lipinski definition) is 0. The van der Waals surface area contributed by atoms with Crippen molar-refractivity contribution >= 4 is 6.03 Å². The standard InChI is InChI=1S/C18H24N6O/c1-3-10-23-17-14(15-11-19-8-9-20-15)4-5-16(17)24(18(23)25)12-13-6-7-21-22(13)2/h6-9,11,14,16-17H,3-5,10,12H2,1-2H3/t14-,16-,17+/m0/s1. The minimum atomic E-state index is 0.145. The van der Waals surface area contributed by atoms with E-state index in [2.05, 4.69) is 26.9 Å². The van der Waals surface area contributed by atoms with Gasteiger partial charge in [0, 0.05) is 44.3 Å². The van der Waals surface area contributed by atoms with Crippen molar-refractivity contribution in [2.75, 3.05) is 6.54 Å². The lowest BCUT2D eigenvalue weighted by Gasteiger charge is -2.27. The SMILES string of the molecule is CCCN1C(=O)N(Cc2ccnn2C)[C@H]2CC[C@@H](c3cnccn3)[C@H]21. The minimum Gasteiger partial charge on any atom is -0.319 e. The molecule has 132 valence electrons. The number of carbonyl (C=O) groups is 1. The number of nitrogens with zero attached hydrogens (tertiary/aromatic N) is 6. The summed E-state index contributed by atoms with van der Waals surface area (Å²) < 4.78 is 1.85. The number of rotatable bonds is 5. The van der Waals surface area contributed by atoms with Gasteiger partial charge in [-0.1, -0.05) is 6.92 Å². The lowest BCUT2D eigenvalue weighted by atomic mass is 9.98. The molecule has 7 heteroatoms. The van der Waals surface area contributed by atoms with Crippen LogP contribution in [0.5, 0.6) is 0 Å². The Morgan fingerprint density at radius 3 is 2.76 bits per heavy atom. The maximum Gasteiger partial charge on any atom is 0.321 e. The van der Waals surface area contributed by atoms with Gasteiger partial charge in [0.1, 0.15) is 0 Å². The summed E-state index contributed by atoms with van der Waals surface area (Å²) in [7, 11) is 1.92. The predicted octanol–water partition coefficient (Wildman–Crippen LogP) is 2.17. The van der Waals surface area contributed by atoms with Crippen LogP contribution in [0.4, 0.5) is 4.79 Å². The smallest absolute Gasteiger partial charge is 0.319 e. The first-order valence-corrected chi connectivity index (χ1v) is 9.00. The monoisotopic (exact) mass is 340 g/mol. The molecule has 1 aliphatic heterocycles. The molecule has 2 fully saturated rings. The van der Waals surface area contributed by atoms with E-state index in [-0.39, 0.29) is 24.0 Å². The fraction of sp³-hybridized carbons (Fsp3) is 0.556. The summed E-state index contributed by atoms with van der Waals surface area (Å²) >= 11 is 0. The van der Waals surface area contributed by atoms with Crippen LogP contribution in [0.25, 0.3) is 0 Å². The highest BCUT2D eigenvalue weighted by Gasteiger charge is 2.53. The predicted molar refractivity (Wildman–Crippen MR) is 92.7 cm³/mol. The normalized spacial score (nSPS) is 25.7. The van der Waals surface area contributed by atoms with Crippen molar-refractivity contribution in [2.45, 2.75) is 50.7 Å². The Morgan fingerprint density at radius 1 is 1.20 bits per heavy atom. The third-order valence-electron chi connectivity index (χ3n) is 5.51. The summed E-state index contributed by atoms with van der Waals surface area (Å²) in [6.07, 6.45) is 10.1. The number of fused-ring (bicyclic) bond motifs is 1. The van der Waals surface area contributed by atoms with Crippen LogP contribution >= 0.6 is 0 Å². The van der Waals surface area contributed by atoms with Gasteiger partial charge in [-0.05, 0) is 25.3 Å². The quantitative estimate of drug-likeness (QED) is 0.837. The molecule has 1 saturated heterocycles. The molecule has 0 unspecified atom stereocenters. The highest BCUT2D eigenvalue weighted by atomic mass is 16.2. The zero-order valence-corrected chi connectivity index (χ0v) is 14.7. The zero-order valence-electron chi connectivity index (χ0n) is 14.7. The van der Waals surface area contributed by atoms with E-state index in [9.17, 15) is 4.79 Å². The van der Waals surface area contributed by atoms with Crippen LogP contribution in [0.2, 0.25) is 0 Å². The van der Waals surface area contributed by atoms with E-state index in [0.717, 1.165) is 37.2 Å². The zero-order chi connectivity index (χ0) is 17.4. The first-order chi connectivity index (χ1) is 12.2. The van der Waals surface area contributed by atoms with Crippen molar-refractivity contribution in [3.8, 4) is 0 Å². The van der Waals surface area contributed by atoms with Crippen LogP contribution in [0.3, 0.4) is 0 Å². The molecular formula is C18H24N6O. The molecule has 3 heterocycles. The Bertz CT molecular complexity index is 745. The molecule has 0 spiro atoms. The maximum absolute atomic E-state index is 13.1. The Hall–Kier alpha value is -2.44. The Labute approximate surface area is 147 Å². The molecular weight excluding hydrogens is 316 g/mol. The van der Waals surface area contributed by atoms with Crippen molar-refractivity contribution < 1.29 is 4.79 Å². The number of aromatic nitrogens is 4. The van der Waals surface area contributed by atoms with E-state index in [4.69, 9.17) is 0 Å². The van der Waals surface area contributed by atoms with E-state index >= 15 is 0 Å². The van der Waals surface area contributed by atoms with Gasteiger partial charge in [0.05, 0.1) is 30.0 Å². The fourth-order valence-electron chi connectivity index (χ4n) is 4.39. The van der Waals surface area contributed by atoms with Gasteiger partial charge in [0.25, 0.3) is 0 Å². The van der Waals surface area contributed by atoms with E-state index in [0.29, 0.717) is 6.54 Å². The molecule has 0 radical (unpaired) electrons. The van der Waals surface area contributed by atoms with E-state index < -0.39 is 0 Å². The first-order valence-electron chi connectivity index (χ1n) is 9.00. The van der Waals surface area contributed by atoms with Gasteiger partial charge in [-0.15, -0.1) is 0 Å². The van der Waals surface area contributed by atoms with Crippen molar-refractivity contribution in [3.63, 3.8) is 0 Å². The van der Waals surface area contributed by atoms with Crippen LogP contribution < -0.4 is 0 Å². The summed E-state index contributed by atoms with van der Waals surface area (Å²) in [4.78, 5) is 26.0. The molecule has 0 N–H and O–H groups in total. The van der Waals surface area contributed by atoms with Crippen LogP contribution in [0.15, 0.2) is 30.9 Å². The molecule has 2 amide bonds. The highest BCUT2D eigenvalue weighted by Crippen LogP contribution is 2.44. The second kappa shape index (κ2) is 6.46. The van der Waals surface area contributed by atoms with Gasteiger partial charge < -0.3 is 9.80 Å². The largest absolute Gasteiger partial charge is 0.321 e. The third kappa shape index (κ3) is 2.67. The van der Waals surface area contributed by atoms with Gasteiger partial charge in [-0.2, -0.15) is 5.10 Å². The Kier molecular flexibility index (Phi) is 4.15. The molecule has 1 aliphatic carbocycles. The number of aryl methyl sites for hydroxylation is 1. The average Bonchev–Trinajstić information content (AvgIpc) is 3.29. The molecule has 3 atom stereocenters. The summed E-state index contributed by atoms with van der Waals surface area (Å²) in [5.74, 6) is 0.269. The van der Waals surface area contributed by atoms with Crippen LogP contribution in [0.1, 0.15) is 43.5 Å². The van der Waals surface area contributed by atoms with Gasteiger partial charge in [0.15, 0.2) is 0 Å². The van der Waals surface area contributed by atoms with E-state index in [1.54, 1.807) is 18.6 Å². The molecule has 0 aromatic carbocycles. The van der Waals surface area contributed by atoms with Crippen LogP contribution in [0, 0.1) is 0 Å². The van der Waals surface area contributed by atoms with Gasteiger partial charge in [0.2, 0.25) is 0 Å². The second-order valence-electron chi connectivity index (χ2n) is 6.92. The summed E-state index contributed by atoms with van der Waals surface area (Å²) in [6.45, 7) is 3.53. The van der Waals surface area contributed by atoms with E-state index in [1.165, 1.54) is 0 Å². The Morgan fingerprint density at radius 2 is 2.08 bits per heavy atom. The second-order valence-corrected chi connectivity index (χ2v) is 6.92. The number of hydrogen-bond acceptors (Lipinski definition) is 4. The van der Waals surface area contributed by atoms with Gasteiger partial charge in [-0.3, -0.25) is 14.6 Å². The molecule has 2 aliphatic rings. The number of amides is 2. The third-order valence-corrected chi connectivity index (χ3v) is 5.51. The fourth-order valence-corrected chi connectivity index (χ4v) is 4.39. The summed E-state index contributed by atoms with van der Waals surface area (Å²) in [5, 5.41) is 4.23. The van der Waals surface area contributed by atoms with Gasteiger partial charge in [-0.25, -0.2) is 4.79 Å². The molecule has 2 aromatic heterocycles. The number of carbonyl (C=O) groups excluding carboxylic acids is 1. The average molecular weight is 340 g/mol. The first kappa shape index (κ1) is 16.1. The van der Waals surface area contributed by atoms with E-state index in [1.807, 2.05) is 28.9 Å². The molecule has 1 saturated carbocycles. The Balaban J connectivity index is 1.64. The number of urea groups is 1. The molecule has 2 aromatic rings. The molecule has 7 nitrogen and oxygen atoms in total. The van der Waals surface area contributed by atoms with Crippen molar-refractivity contribution in [1.82, 2.24) is 29.5 Å². The maximum atomic E-state index is 13.1. The molecule has 4 rings (SSSR count).